The van der Waals surface area contributed by atoms with Crippen molar-refractivity contribution in [1.29, 1.82) is 0 Å². The van der Waals surface area contributed by atoms with Gasteiger partial charge in [0.15, 0.2) is 11.5 Å². The van der Waals surface area contributed by atoms with Crippen molar-refractivity contribution in [3.05, 3.63) is 35.4 Å². The first-order chi connectivity index (χ1) is 10.5. The molecule has 1 unspecified atom stereocenters. The maximum Gasteiger partial charge on any atom is 0.166 e. The van der Waals surface area contributed by atoms with E-state index in [1.165, 1.54) is 11.1 Å². The Bertz CT molecular complexity index is 649. The zero-order valence-electron chi connectivity index (χ0n) is 14.0. The van der Waals surface area contributed by atoms with Crippen molar-refractivity contribution in [3.8, 4) is 11.5 Å². The van der Waals surface area contributed by atoms with Crippen molar-refractivity contribution in [2.45, 2.75) is 44.8 Å². The molecule has 4 rings (SSSR count). The Kier molecular flexibility index (Phi) is 2.90. The molecule has 0 saturated heterocycles. The van der Waals surface area contributed by atoms with Crippen LogP contribution < -0.4 is 9.47 Å². The second-order valence-electron chi connectivity index (χ2n) is 7.79. The van der Waals surface area contributed by atoms with Gasteiger partial charge in [-0.15, -0.1) is 0 Å². The molecule has 2 heterocycles. The predicted octanol–water partition coefficient (Wildman–Crippen LogP) is 3.52. The van der Waals surface area contributed by atoms with E-state index in [1.807, 2.05) is 0 Å². The topological polar surface area (TPSA) is 21.7 Å². The van der Waals surface area contributed by atoms with Gasteiger partial charge in [0.2, 0.25) is 0 Å². The van der Waals surface area contributed by atoms with Crippen LogP contribution in [0, 0.1) is 5.41 Å². The number of nitrogens with zero attached hydrogens (tertiary/aromatic N) is 1. The van der Waals surface area contributed by atoms with Crippen LogP contribution in [0.3, 0.4) is 0 Å². The van der Waals surface area contributed by atoms with Gasteiger partial charge in [0.1, 0.15) is 6.10 Å². The minimum absolute atomic E-state index is 0.0273. The highest BCUT2D eigenvalue weighted by atomic mass is 16.5. The molecule has 0 bridgehead atoms. The maximum atomic E-state index is 6.48. The van der Waals surface area contributed by atoms with Crippen LogP contribution >= 0.6 is 0 Å². The smallest absolute Gasteiger partial charge is 0.166 e. The molecule has 1 spiro atoms. The number of ether oxygens (including phenoxy) is 2. The van der Waals surface area contributed by atoms with Gasteiger partial charge in [-0.3, -0.25) is 0 Å². The molecule has 118 valence electrons. The lowest BCUT2D eigenvalue weighted by molar-refractivity contribution is 0.104. The van der Waals surface area contributed by atoms with E-state index in [1.54, 1.807) is 7.11 Å². The normalized spacial score (nSPS) is 31.9. The SMILES string of the molecule is COc1ccc2c3c1OC1CC(C)(C)C=C[C@@]31CCN(C)C2. The molecule has 1 aromatic carbocycles. The maximum absolute atomic E-state index is 6.48. The van der Waals surface area contributed by atoms with Gasteiger partial charge in [0.25, 0.3) is 0 Å². The Morgan fingerprint density at radius 3 is 2.86 bits per heavy atom. The first-order valence-electron chi connectivity index (χ1n) is 8.21. The molecule has 1 aromatic rings. The molecule has 0 fully saturated rings. The second kappa shape index (κ2) is 4.51. The van der Waals surface area contributed by atoms with Gasteiger partial charge < -0.3 is 14.4 Å². The van der Waals surface area contributed by atoms with Gasteiger partial charge in [0, 0.05) is 12.1 Å². The average Bonchev–Trinajstić information content (AvgIpc) is 2.71. The summed E-state index contributed by atoms with van der Waals surface area (Å²) in [4.78, 5) is 2.42. The highest BCUT2D eigenvalue weighted by molar-refractivity contribution is 5.61. The molecule has 22 heavy (non-hydrogen) atoms. The molecule has 0 radical (unpaired) electrons. The van der Waals surface area contributed by atoms with Crippen LogP contribution in [0.2, 0.25) is 0 Å². The van der Waals surface area contributed by atoms with E-state index in [0.29, 0.717) is 0 Å². The van der Waals surface area contributed by atoms with Gasteiger partial charge in [0.05, 0.1) is 12.5 Å². The van der Waals surface area contributed by atoms with Gasteiger partial charge >= 0.3 is 0 Å². The van der Waals surface area contributed by atoms with Crippen molar-refractivity contribution >= 4 is 0 Å². The summed E-state index contributed by atoms with van der Waals surface area (Å²) in [5, 5.41) is 0. The largest absolute Gasteiger partial charge is 0.493 e. The third-order valence-electron chi connectivity index (χ3n) is 5.62. The molecule has 1 aliphatic carbocycles. The summed E-state index contributed by atoms with van der Waals surface area (Å²) in [5.41, 5.74) is 3.00. The van der Waals surface area contributed by atoms with Crippen LogP contribution in [-0.4, -0.2) is 31.7 Å². The van der Waals surface area contributed by atoms with Gasteiger partial charge in [-0.2, -0.15) is 0 Å². The Morgan fingerprint density at radius 1 is 1.27 bits per heavy atom. The number of hydrogen-bond donors (Lipinski definition) is 0. The van der Waals surface area contributed by atoms with Crippen LogP contribution in [0.15, 0.2) is 24.3 Å². The Balaban J connectivity index is 1.95. The summed E-state index contributed by atoms with van der Waals surface area (Å²) in [7, 11) is 3.94. The lowest BCUT2D eigenvalue weighted by Gasteiger charge is -2.40. The van der Waals surface area contributed by atoms with Gasteiger partial charge in [-0.05, 0) is 43.5 Å². The van der Waals surface area contributed by atoms with E-state index in [9.17, 15) is 0 Å². The van der Waals surface area contributed by atoms with Crippen molar-refractivity contribution in [2.75, 3.05) is 20.7 Å². The minimum atomic E-state index is 0.0273. The van der Waals surface area contributed by atoms with Crippen molar-refractivity contribution in [3.63, 3.8) is 0 Å². The van der Waals surface area contributed by atoms with E-state index in [4.69, 9.17) is 9.47 Å². The molecule has 2 atom stereocenters. The molecule has 0 N–H and O–H groups in total. The number of rotatable bonds is 1. The zero-order valence-corrected chi connectivity index (χ0v) is 14.0. The van der Waals surface area contributed by atoms with Crippen LogP contribution in [0.1, 0.15) is 37.8 Å². The van der Waals surface area contributed by atoms with E-state index < -0.39 is 0 Å². The van der Waals surface area contributed by atoms with Gasteiger partial charge in [-0.1, -0.05) is 32.1 Å². The molecule has 0 saturated carbocycles. The van der Waals surface area contributed by atoms with E-state index >= 15 is 0 Å². The first kappa shape index (κ1) is 14.1. The highest BCUT2D eigenvalue weighted by Gasteiger charge is 2.53. The van der Waals surface area contributed by atoms with Crippen LogP contribution in [0.4, 0.5) is 0 Å². The van der Waals surface area contributed by atoms with E-state index in [0.717, 1.165) is 37.4 Å². The fourth-order valence-corrected chi connectivity index (χ4v) is 4.38. The standard InChI is InChI=1S/C19H25NO2/c1-18(2)7-8-19-9-10-20(3)12-13-5-6-14(21-4)17(16(13)19)22-15(19)11-18/h5-8,15H,9-12H2,1-4H3/t15?,19-/m0/s1. The summed E-state index contributed by atoms with van der Waals surface area (Å²) in [6, 6.07) is 4.29. The zero-order chi connectivity index (χ0) is 15.5. The summed E-state index contributed by atoms with van der Waals surface area (Å²) in [6.07, 6.45) is 7.24. The van der Waals surface area contributed by atoms with E-state index in [-0.39, 0.29) is 16.9 Å². The van der Waals surface area contributed by atoms with E-state index in [2.05, 4.69) is 50.1 Å². The lowest BCUT2D eigenvalue weighted by atomic mass is 9.64. The minimum Gasteiger partial charge on any atom is -0.493 e. The first-order valence-corrected chi connectivity index (χ1v) is 8.21. The van der Waals surface area contributed by atoms with Crippen molar-refractivity contribution < 1.29 is 9.47 Å². The Morgan fingerprint density at radius 2 is 2.09 bits per heavy atom. The summed E-state index contributed by atoms with van der Waals surface area (Å²) in [6.45, 7) is 6.68. The van der Waals surface area contributed by atoms with Crippen molar-refractivity contribution in [1.82, 2.24) is 4.90 Å². The molecule has 0 aromatic heterocycles. The number of hydrogen-bond acceptors (Lipinski definition) is 3. The summed E-state index contributed by atoms with van der Waals surface area (Å²) >= 11 is 0. The highest BCUT2D eigenvalue weighted by Crippen LogP contribution is 2.57. The number of benzene rings is 1. The predicted molar refractivity (Wildman–Crippen MR) is 87.6 cm³/mol. The number of allylic oxidation sites excluding steroid dienone is 1. The molecule has 3 nitrogen and oxygen atoms in total. The Hall–Kier alpha value is -1.48. The van der Waals surface area contributed by atoms with Gasteiger partial charge in [-0.25, -0.2) is 0 Å². The fraction of sp³-hybridized carbons (Fsp3) is 0.579. The fourth-order valence-electron chi connectivity index (χ4n) is 4.38. The number of methoxy groups -OCH3 is 1. The van der Waals surface area contributed by atoms with Crippen LogP contribution in [-0.2, 0) is 12.0 Å². The molecule has 3 heteroatoms. The quantitative estimate of drug-likeness (QED) is 0.741. The molecule has 2 aliphatic heterocycles. The second-order valence-corrected chi connectivity index (χ2v) is 7.79. The third-order valence-corrected chi connectivity index (χ3v) is 5.62. The van der Waals surface area contributed by atoms with Crippen LogP contribution in [0.5, 0.6) is 11.5 Å². The summed E-state index contributed by atoms with van der Waals surface area (Å²) in [5.74, 6) is 1.87. The third kappa shape index (κ3) is 1.84. The molecular weight excluding hydrogens is 274 g/mol. The monoisotopic (exact) mass is 299 g/mol. The molecule has 3 aliphatic rings. The van der Waals surface area contributed by atoms with Crippen molar-refractivity contribution in [2.24, 2.45) is 5.41 Å². The van der Waals surface area contributed by atoms with Crippen LogP contribution in [0.25, 0.3) is 0 Å². The summed E-state index contributed by atoms with van der Waals surface area (Å²) < 4.78 is 12.1. The molecular formula is C19H25NO2. The Labute approximate surface area is 132 Å². The lowest BCUT2D eigenvalue weighted by Crippen LogP contribution is -2.43. The average molecular weight is 299 g/mol. The molecule has 0 amide bonds.